The first kappa shape index (κ1) is 13.9. The fraction of sp³-hybridized carbons (Fsp3) is 0.467. The number of fused-ring (bicyclic) bond motifs is 1. The highest BCUT2D eigenvalue weighted by Crippen LogP contribution is 2.29. The van der Waals surface area contributed by atoms with Crippen molar-refractivity contribution in [3.63, 3.8) is 0 Å². The number of carbonyl (C=O) groups is 2. The molecule has 6 nitrogen and oxygen atoms in total. The lowest BCUT2D eigenvalue weighted by Crippen LogP contribution is -2.39. The van der Waals surface area contributed by atoms with E-state index in [0.29, 0.717) is 23.7 Å². The number of rotatable bonds is 4. The Bertz CT molecular complexity index is 569. The van der Waals surface area contributed by atoms with Gasteiger partial charge < -0.3 is 21.1 Å². The Labute approximate surface area is 122 Å². The van der Waals surface area contributed by atoms with Crippen molar-refractivity contribution in [1.29, 1.82) is 0 Å². The number of anilines is 1. The third kappa shape index (κ3) is 3.00. The van der Waals surface area contributed by atoms with Gasteiger partial charge in [-0.1, -0.05) is 12.5 Å². The molecule has 0 bridgehead atoms. The number of hydrogen-bond donors (Lipinski definition) is 4. The average molecular weight is 289 g/mol. The maximum absolute atomic E-state index is 12.1. The fourth-order valence-corrected chi connectivity index (χ4v) is 2.62. The van der Waals surface area contributed by atoms with Crippen molar-refractivity contribution in [2.75, 3.05) is 11.9 Å². The van der Waals surface area contributed by atoms with Crippen LogP contribution in [0.4, 0.5) is 10.5 Å². The van der Waals surface area contributed by atoms with Gasteiger partial charge >= 0.3 is 6.03 Å². The standard InChI is InChI=1S/C15H19N3O3/c19-13(9-2-1-3-9)8-16-14(20)10-4-5-11-7-17-15(21)18-12(11)6-10/h4-6,9,13,19H,1-3,7-8H2,(H,16,20)(H2,17,18,21). The minimum absolute atomic E-state index is 0.232. The number of benzene rings is 1. The Morgan fingerprint density at radius 1 is 1.43 bits per heavy atom. The molecule has 1 aliphatic carbocycles. The number of amides is 3. The SMILES string of the molecule is O=C1NCc2ccc(C(=O)NCC(O)C3CCC3)cc2N1. The molecule has 3 rings (SSSR count). The summed E-state index contributed by atoms with van der Waals surface area (Å²) in [6.45, 7) is 0.734. The number of nitrogens with one attached hydrogen (secondary N) is 3. The molecule has 1 aromatic carbocycles. The topological polar surface area (TPSA) is 90.5 Å². The van der Waals surface area contributed by atoms with Crippen molar-refractivity contribution < 1.29 is 14.7 Å². The number of aliphatic hydroxyl groups excluding tert-OH is 1. The van der Waals surface area contributed by atoms with Crippen molar-refractivity contribution in [2.45, 2.75) is 31.9 Å². The van der Waals surface area contributed by atoms with Gasteiger partial charge in [-0.2, -0.15) is 0 Å². The van der Waals surface area contributed by atoms with E-state index in [4.69, 9.17) is 0 Å². The molecule has 1 aromatic rings. The Kier molecular flexibility index (Phi) is 3.79. The second kappa shape index (κ2) is 5.73. The van der Waals surface area contributed by atoms with Crippen LogP contribution in [0.25, 0.3) is 0 Å². The average Bonchev–Trinajstić information content (AvgIpc) is 2.42. The summed E-state index contributed by atoms with van der Waals surface area (Å²) in [5, 5.41) is 18.0. The van der Waals surface area contributed by atoms with Crippen LogP contribution < -0.4 is 16.0 Å². The number of aliphatic hydroxyl groups is 1. The first-order chi connectivity index (χ1) is 10.1. The van der Waals surface area contributed by atoms with E-state index in [1.54, 1.807) is 12.1 Å². The first-order valence-corrected chi connectivity index (χ1v) is 7.27. The maximum atomic E-state index is 12.1. The zero-order chi connectivity index (χ0) is 14.8. The minimum Gasteiger partial charge on any atom is -0.391 e. The van der Waals surface area contributed by atoms with E-state index in [1.807, 2.05) is 6.07 Å². The molecule has 3 amide bonds. The summed E-state index contributed by atoms with van der Waals surface area (Å²) >= 11 is 0. The number of urea groups is 1. The first-order valence-electron chi connectivity index (χ1n) is 7.27. The molecule has 0 spiro atoms. The summed E-state index contributed by atoms with van der Waals surface area (Å²) < 4.78 is 0. The Balaban J connectivity index is 1.61. The Morgan fingerprint density at radius 3 is 2.95 bits per heavy atom. The van der Waals surface area contributed by atoms with E-state index in [-0.39, 0.29) is 18.5 Å². The van der Waals surface area contributed by atoms with Gasteiger partial charge in [-0.3, -0.25) is 4.79 Å². The molecular formula is C15H19N3O3. The van der Waals surface area contributed by atoms with Gasteiger partial charge in [-0.05, 0) is 36.5 Å². The largest absolute Gasteiger partial charge is 0.391 e. The highest BCUT2D eigenvalue weighted by molar-refractivity contribution is 5.98. The van der Waals surface area contributed by atoms with E-state index >= 15 is 0 Å². The smallest absolute Gasteiger partial charge is 0.319 e. The van der Waals surface area contributed by atoms with Crippen LogP contribution in [0.5, 0.6) is 0 Å². The van der Waals surface area contributed by atoms with E-state index < -0.39 is 6.10 Å². The Morgan fingerprint density at radius 2 is 2.24 bits per heavy atom. The summed E-state index contributed by atoms with van der Waals surface area (Å²) in [7, 11) is 0. The third-order valence-electron chi connectivity index (χ3n) is 4.23. The molecule has 6 heteroatoms. The quantitative estimate of drug-likeness (QED) is 0.671. The zero-order valence-electron chi connectivity index (χ0n) is 11.7. The zero-order valence-corrected chi connectivity index (χ0v) is 11.7. The van der Waals surface area contributed by atoms with Crippen molar-refractivity contribution >= 4 is 17.6 Å². The van der Waals surface area contributed by atoms with Crippen molar-refractivity contribution in [3.05, 3.63) is 29.3 Å². The molecule has 1 heterocycles. The van der Waals surface area contributed by atoms with Gasteiger partial charge in [0.05, 0.1) is 6.10 Å². The monoisotopic (exact) mass is 289 g/mol. The van der Waals surface area contributed by atoms with Crippen molar-refractivity contribution in [3.8, 4) is 0 Å². The summed E-state index contributed by atoms with van der Waals surface area (Å²) in [6, 6.07) is 4.95. The molecule has 112 valence electrons. The minimum atomic E-state index is -0.468. The molecule has 2 aliphatic rings. The van der Waals surface area contributed by atoms with Gasteiger partial charge in [0, 0.05) is 24.3 Å². The van der Waals surface area contributed by atoms with Crippen molar-refractivity contribution in [2.24, 2.45) is 5.92 Å². The van der Waals surface area contributed by atoms with Crippen LogP contribution in [0.1, 0.15) is 35.2 Å². The van der Waals surface area contributed by atoms with Gasteiger partial charge in [-0.25, -0.2) is 4.79 Å². The second-order valence-corrected chi connectivity index (χ2v) is 5.65. The fourth-order valence-electron chi connectivity index (χ4n) is 2.62. The molecule has 1 saturated carbocycles. The van der Waals surface area contributed by atoms with Crippen LogP contribution in [0.15, 0.2) is 18.2 Å². The van der Waals surface area contributed by atoms with Gasteiger partial charge in [0.15, 0.2) is 0 Å². The van der Waals surface area contributed by atoms with E-state index in [1.165, 1.54) is 0 Å². The van der Waals surface area contributed by atoms with Crippen LogP contribution in [0.2, 0.25) is 0 Å². The molecule has 21 heavy (non-hydrogen) atoms. The third-order valence-corrected chi connectivity index (χ3v) is 4.23. The molecule has 0 saturated heterocycles. The summed E-state index contributed by atoms with van der Waals surface area (Å²) in [6.07, 6.45) is 2.77. The van der Waals surface area contributed by atoms with E-state index in [0.717, 1.165) is 24.8 Å². The normalized spacial score (nSPS) is 18.8. The lowest BCUT2D eigenvalue weighted by Gasteiger charge is -2.30. The predicted molar refractivity (Wildman–Crippen MR) is 78.0 cm³/mol. The van der Waals surface area contributed by atoms with Crippen LogP contribution in [-0.4, -0.2) is 29.7 Å². The van der Waals surface area contributed by atoms with E-state index in [9.17, 15) is 14.7 Å². The molecule has 1 atom stereocenters. The number of carbonyl (C=O) groups excluding carboxylic acids is 2. The predicted octanol–water partition coefficient (Wildman–Crippen LogP) is 1.21. The van der Waals surface area contributed by atoms with Crippen LogP contribution in [-0.2, 0) is 6.54 Å². The van der Waals surface area contributed by atoms with E-state index in [2.05, 4.69) is 16.0 Å². The van der Waals surface area contributed by atoms with Crippen LogP contribution in [0, 0.1) is 5.92 Å². The van der Waals surface area contributed by atoms with Gasteiger partial charge in [0.2, 0.25) is 0 Å². The summed E-state index contributed by atoms with van der Waals surface area (Å²) in [4.78, 5) is 23.4. The molecule has 1 fully saturated rings. The lowest BCUT2D eigenvalue weighted by atomic mass is 9.81. The molecule has 0 aromatic heterocycles. The van der Waals surface area contributed by atoms with Crippen LogP contribution >= 0.6 is 0 Å². The lowest BCUT2D eigenvalue weighted by molar-refractivity contribution is 0.0584. The Hall–Kier alpha value is -2.08. The van der Waals surface area contributed by atoms with Crippen LogP contribution in [0.3, 0.4) is 0 Å². The summed E-state index contributed by atoms with van der Waals surface area (Å²) in [5.41, 5.74) is 2.09. The maximum Gasteiger partial charge on any atom is 0.319 e. The second-order valence-electron chi connectivity index (χ2n) is 5.65. The highest BCUT2D eigenvalue weighted by atomic mass is 16.3. The molecule has 1 aliphatic heterocycles. The molecule has 4 N–H and O–H groups in total. The summed E-state index contributed by atoms with van der Waals surface area (Å²) in [5.74, 6) is 0.0863. The number of hydrogen-bond acceptors (Lipinski definition) is 3. The van der Waals surface area contributed by atoms with Gasteiger partial charge in [-0.15, -0.1) is 0 Å². The molecule has 1 unspecified atom stereocenters. The molecular weight excluding hydrogens is 270 g/mol. The highest BCUT2D eigenvalue weighted by Gasteiger charge is 2.26. The van der Waals surface area contributed by atoms with Gasteiger partial charge in [0.1, 0.15) is 0 Å². The van der Waals surface area contributed by atoms with Crippen molar-refractivity contribution in [1.82, 2.24) is 10.6 Å². The molecule has 0 radical (unpaired) electrons. The van der Waals surface area contributed by atoms with Gasteiger partial charge in [0.25, 0.3) is 5.91 Å².